The summed E-state index contributed by atoms with van der Waals surface area (Å²) in [5, 5.41) is 0. The summed E-state index contributed by atoms with van der Waals surface area (Å²) in [7, 11) is 1.39. The number of ether oxygens (including phenoxy) is 1. The smallest absolute Gasteiger partial charge is 0.247 e. The average molecular weight is 320 g/mol. The van der Waals surface area contributed by atoms with Crippen molar-refractivity contribution in [1.82, 2.24) is 4.90 Å². The zero-order valence-electron chi connectivity index (χ0n) is 13.1. The second kappa shape index (κ2) is 7.76. The van der Waals surface area contributed by atoms with Crippen molar-refractivity contribution in [3.63, 3.8) is 0 Å². The molecule has 0 bridgehead atoms. The van der Waals surface area contributed by atoms with Crippen LogP contribution >= 0.6 is 0 Å². The van der Waals surface area contributed by atoms with E-state index >= 15 is 0 Å². The van der Waals surface area contributed by atoms with Crippen LogP contribution in [0.3, 0.4) is 0 Å². The van der Waals surface area contributed by atoms with Gasteiger partial charge in [0.05, 0.1) is 13.7 Å². The molecule has 0 unspecified atom stereocenters. The minimum atomic E-state index is -0.533. The standard InChI is InChI=1S/C17H21FN2O3/c1-23-15-8-6-12(10-14(15)18)7-9-17(22)20(11-16(19)21)13-4-2-3-5-13/h6-10,13H,2-5,11H2,1H3,(H2,19,21). The van der Waals surface area contributed by atoms with Crippen LogP contribution in [0.15, 0.2) is 24.3 Å². The van der Waals surface area contributed by atoms with Crippen molar-refractivity contribution in [1.29, 1.82) is 0 Å². The number of hydrogen-bond donors (Lipinski definition) is 1. The van der Waals surface area contributed by atoms with E-state index in [1.807, 2.05) is 0 Å². The molecule has 0 heterocycles. The molecule has 1 aliphatic rings. The highest BCUT2D eigenvalue weighted by Crippen LogP contribution is 2.24. The number of rotatable bonds is 6. The maximum Gasteiger partial charge on any atom is 0.247 e. The molecule has 6 heteroatoms. The first-order valence-electron chi connectivity index (χ1n) is 7.62. The quantitative estimate of drug-likeness (QED) is 0.816. The van der Waals surface area contributed by atoms with Gasteiger partial charge in [-0.2, -0.15) is 0 Å². The third kappa shape index (κ3) is 4.55. The van der Waals surface area contributed by atoms with Crippen molar-refractivity contribution in [2.75, 3.05) is 13.7 Å². The van der Waals surface area contributed by atoms with Crippen molar-refractivity contribution in [2.24, 2.45) is 5.73 Å². The minimum absolute atomic E-state index is 0.0484. The molecule has 5 nitrogen and oxygen atoms in total. The number of carbonyl (C=O) groups excluding carboxylic acids is 2. The summed E-state index contributed by atoms with van der Waals surface area (Å²) >= 11 is 0. The second-order valence-corrected chi connectivity index (χ2v) is 5.60. The Morgan fingerprint density at radius 3 is 2.65 bits per heavy atom. The van der Waals surface area contributed by atoms with Crippen molar-refractivity contribution < 1.29 is 18.7 Å². The van der Waals surface area contributed by atoms with Gasteiger partial charge in [0.1, 0.15) is 0 Å². The summed E-state index contributed by atoms with van der Waals surface area (Å²) in [6.45, 7) is -0.0924. The molecular formula is C17H21FN2O3. The first-order valence-corrected chi connectivity index (χ1v) is 7.62. The Kier molecular flexibility index (Phi) is 5.73. The highest BCUT2D eigenvalue weighted by Gasteiger charge is 2.26. The third-order valence-electron chi connectivity index (χ3n) is 3.97. The number of amides is 2. The molecule has 0 atom stereocenters. The first kappa shape index (κ1) is 17.0. The van der Waals surface area contributed by atoms with Crippen molar-refractivity contribution >= 4 is 17.9 Å². The fraction of sp³-hybridized carbons (Fsp3) is 0.412. The molecule has 0 spiro atoms. The minimum Gasteiger partial charge on any atom is -0.494 e. The zero-order chi connectivity index (χ0) is 16.8. The van der Waals surface area contributed by atoms with Crippen LogP contribution < -0.4 is 10.5 Å². The summed E-state index contributed by atoms with van der Waals surface area (Å²) in [4.78, 5) is 25.1. The van der Waals surface area contributed by atoms with Crippen LogP contribution in [0.5, 0.6) is 5.75 Å². The maximum atomic E-state index is 13.6. The van der Waals surface area contributed by atoms with E-state index in [4.69, 9.17) is 10.5 Å². The molecule has 1 aromatic carbocycles. The van der Waals surface area contributed by atoms with Gasteiger partial charge in [0.15, 0.2) is 11.6 Å². The highest BCUT2D eigenvalue weighted by atomic mass is 19.1. The van der Waals surface area contributed by atoms with Gasteiger partial charge in [0, 0.05) is 12.1 Å². The molecule has 2 N–H and O–H groups in total. The van der Waals surface area contributed by atoms with Gasteiger partial charge in [-0.05, 0) is 36.6 Å². The Balaban J connectivity index is 2.10. The topological polar surface area (TPSA) is 72.6 Å². The third-order valence-corrected chi connectivity index (χ3v) is 3.97. The molecule has 2 amide bonds. The van der Waals surface area contributed by atoms with E-state index in [1.54, 1.807) is 6.07 Å². The van der Waals surface area contributed by atoms with E-state index in [-0.39, 0.29) is 24.2 Å². The van der Waals surface area contributed by atoms with Gasteiger partial charge in [-0.3, -0.25) is 9.59 Å². The lowest BCUT2D eigenvalue weighted by atomic mass is 10.1. The summed E-state index contributed by atoms with van der Waals surface area (Å²) in [6, 6.07) is 4.49. The molecule has 124 valence electrons. The number of nitrogens with two attached hydrogens (primary N) is 1. The predicted octanol–water partition coefficient (Wildman–Crippen LogP) is 2.10. The Morgan fingerprint density at radius 2 is 2.09 bits per heavy atom. The molecule has 1 aliphatic carbocycles. The normalized spacial score (nSPS) is 15.0. The number of halogens is 1. The van der Waals surface area contributed by atoms with E-state index < -0.39 is 11.7 Å². The average Bonchev–Trinajstić information content (AvgIpc) is 3.04. The Bertz CT molecular complexity index is 610. The van der Waals surface area contributed by atoms with E-state index in [0.29, 0.717) is 5.56 Å². The predicted molar refractivity (Wildman–Crippen MR) is 85.1 cm³/mol. The van der Waals surface area contributed by atoms with Crippen LogP contribution in [0, 0.1) is 5.82 Å². The van der Waals surface area contributed by atoms with Gasteiger partial charge in [-0.25, -0.2) is 4.39 Å². The molecule has 0 aliphatic heterocycles. The molecule has 0 aromatic heterocycles. The number of primary amides is 1. The van der Waals surface area contributed by atoms with Gasteiger partial charge in [0.2, 0.25) is 11.8 Å². The molecule has 0 radical (unpaired) electrons. The van der Waals surface area contributed by atoms with Crippen molar-refractivity contribution in [3.05, 3.63) is 35.7 Å². The molecule has 1 fully saturated rings. The van der Waals surface area contributed by atoms with Crippen LogP contribution in [-0.4, -0.2) is 36.4 Å². The Hall–Kier alpha value is -2.37. The molecule has 1 aromatic rings. The summed E-state index contributed by atoms with van der Waals surface area (Å²) in [5.74, 6) is -1.16. The summed E-state index contributed by atoms with van der Waals surface area (Å²) in [5.41, 5.74) is 5.78. The zero-order valence-corrected chi connectivity index (χ0v) is 13.1. The molecule has 0 saturated heterocycles. The Morgan fingerprint density at radius 1 is 1.39 bits per heavy atom. The fourth-order valence-electron chi connectivity index (χ4n) is 2.82. The lowest BCUT2D eigenvalue weighted by Gasteiger charge is -2.26. The van der Waals surface area contributed by atoms with Gasteiger partial charge < -0.3 is 15.4 Å². The van der Waals surface area contributed by atoms with E-state index in [1.165, 1.54) is 36.3 Å². The van der Waals surface area contributed by atoms with E-state index in [9.17, 15) is 14.0 Å². The molecule has 23 heavy (non-hydrogen) atoms. The maximum absolute atomic E-state index is 13.6. The first-order chi connectivity index (χ1) is 11.0. The van der Waals surface area contributed by atoms with Gasteiger partial charge in [0.25, 0.3) is 0 Å². The summed E-state index contributed by atoms with van der Waals surface area (Å²) in [6.07, 6.45) is 6.71. The lowest BCUT2D eigenvalue weighted by Crippen LogP contribution is -2.43. The molecule has 2 rings (SSSR count). The monoisotopic (exact) mass is 320 g/mol. The van der Waals surface area contributed by atoms with Crippen LogP contribution in [-0.2, 0) is 9.59 Å². The fourth-order valence-corrected chi connectivity index (χ4v) is 2.82. The number of hydrogen-bond acceptors (Lipinski definition) is 3. The van der Waals surface area contributed by atoms with E-state index in [0.717, 1.165) is 25.7 Å². The van der Waals surface area contributed by atoms with Crippen LogP contribution in [0.2, 0.25) is 0 Å². The number of benzene rings is 1. The van der Waals surface area contributed by atoms with Crippen molar-refractivity contribution in [2.45, 2.75) is 31.7 Å². The Labute approximate surface area is 134 Å². The van der Waals surface area contributed by atoms with Gasteiger partial charge in [-0.1, -0.05) is 18.9 Å². The van der Waals surface area contributed by atoms with Gasteiger partial charge >= 0.3 is 0 Å². The van der Waals surface area contributed by atoms with Crippen LogP contribution in [0.25, 0.3) is 6.08 Å². The largest absolute Gasteiger partial charge is 0.494 e. The van der Waals surface area contributed by atoms with Crippen LogP contribution in [0.1, 0.15) is 31.2 Å². The number of methoxy groups -OCH3 is 1. The number of nitrogens with zero attached hydrogens (tertiary/aromatic N) is 1. The second-order valence-electron chi connectivity index (χ2n) is 5.60. The molecular weight excluding hydrogens is 299 g/mol. The SMILES string of the molecule is COc1ccc(C=CC(=O)N(CC(N)=O)C2CCCC2)cc1F. The van der Waals surface area contributed by atoms with Crippen LogP contribution in [0.4, 0.5) is 4.39 Å². The van der Waals surface area contributed by atoms with Crippen molar-refractivity contribution in [3.8, 4) is 5.75 Å². The lowest BCUT2D eigenvalue weighted by molar-refractivity contribution is -0.133. The summed E-state index contributed by atoms with van der Waals surface area (Å²) < 4.78 is 18.5. The van der Waals surface area contributed by atoms with E-state index in [2.05, 4.69) is 0 Å². The highest BCUT2D eigenvalue weighted by molar-refractivity contribution is 5.94. The number of carbonyl (C=O) groups is 2. The van der Waals surface area contributed by atoms with Gasteiger partial charge in [-0.15, -0.1) is 0 Å². The molecule has 1 saturated carbocycles.